The molecule has 0 aliphatic carbocycles. The van der Waals surface area contributed by atoms with Gasteiger partial charge in [0.2, 0.25) is 0 Å². The normalized spacial score (nSPS) is 12.4. The van der Waals surface area contributed by atoms with Gasteiger partial charge in [0.05, 0.1) is 11.7 Å². The maximum atomic E-state index is 12.2. The molecule has 4 nitrogen and oxygen atoms in total. The lowest BCUT2D eigenvalue weighted by atomic mass is 10.1. The minimum absolute atomic E-state index is 0.00595. The van der Waals surface area contributed by atoms with Crippen molar-refractivity contribution in [3.8, 4) is 0 Å². The van der Waals surface area contributed by atoms with Crippen LogP contribution in [0.25, 0.3) is 0 Å². The number of aromatic nitrogens is 1. The summed E-state index contributed by atoms with van der Waals surface area (Å²) in [7, 11) is 1.82. The number of nitrogens with zero attached hydrogens (tertiary/aromatic N) is 1. The highest BCUT2D eigenvalue weighted by molar-refractivity contribution is 7.12. The zero-order valence-electron chi connectivity index (χ0n) is 11.7. The Morgan fingerprint density at radius 2 is 2.11 bits per heavy atom. The van der Waals surface area contributed by atoms with Crippen molar-refractivity contribution in [1.29, 1.82) is 0 Å². The van der Waals surface area contributed by atoms with E-state index in [1.807, 2.05) is 14.0 Å². The summed E-state index contributed by atoms with van der Waals surface area (Å²) in [5, 5.41) is 3.01. The molecule has 1 unspecified atom stereocenters. The third-order valence-electron chi connectivity index (χ3n) is 3.15. The number of amides is 1. The molecular formula is C14H19N3OS. The second-order valence-corrected chi connectivity index (χ2v) is 6.29. The van der Waals surface area contributed by atoms with Crippen LogP contribution in [0.5, 0.6) is 0 Å². The van der Waals surface area contributed by atoms with Crippen molar-refractivity contribution in [3.63, 3.8) is 0 Å². The largest absolute Gasteiger partial charge is 0.397 e. The maximum Gasteiger partial charge on any atom is 0.268 e. The van der Waals surface area contributed by atoms with Gasteiger partial charge in [-0.2, -0.15) is 0 Å². The van der Waals surface area contributed by atoms with E-state index in [1.165, 1.54) is 15.3 Å². The summed E-state index contributed by atoms with van der Waals surface area (Å²) >= 11 is 1.75. The number of hydrogen-bond donors (Lipinski definition) is 2. The summed E-state index contributed by atoms with van der Waals surface area (Å²) in [5.74, 6) is -0.102. The van der Waals surface area contributed by atoms with Crippen LogP contribution in [-0.4, -0.2) is 10.5 Å². The second kappa shape index (κ2) is 5.09. The van der Waals surface area contributed by atoms with Crippen molar-refractivity contribution < 1.29 is 4.79 Å². The van der Waals surface area contributed by atoms with Gasteiger partial charge >= 0.3 is 0 Å². The molecule has 19 heavy (non-hydrogen) atoms. The van der Waals surface area contributed by atoms with E-state index in [1.54, 1.807) is 28.2 Å². The minimum atomic E-state index is -0.102. The fourth-order valence-corrected chi connectivity index (χ4v) is 3.27. The molecular weight excluding hydrogens is 258 g/mol. The fraction of sp³-hybridized carbons (Fsp3) is 0.357. The monoisotopic (exact) mass is 277 g/mol. The van der Waals surface area contributed by atoms with E-state index in [-0.39, 0.29) is 11.9 Å². The zero-order chi connectivity index (χ0) is 14.2. The van der Waals surface area contributed by atoms with Gasteiger partial charge < -0.3 is 15.6 Å². The lowest BCUT2D eigenvalue weighted by Crippen LogP contribution is -2.28. The molecule has 1 amide bonds. The van der Waals surface area contributed by atoms with Crippen LogP contribution in [0.1, 0.15) is 38.8 Å². The molecule has 0 saturated heterocycles. The molecule has 2 heterocycles. The molecule has 2 aromatic heterocycles. The molecule has 5 heteroatoms. The number of carbonyl (C=O) groups is 1. The van der Waals surface area contributed by atoms with Crippen LogP contribution in [0.2, 0.25) is 0 Å². The summed E-state index contributed by atoms with van der Waals surface area (Å²) in [6.07, 6.45) is 1.74. The molecule has 3 N–H and O–H groups in total. The number of nitrogen functional groups attached to an aromatic ring is 1. The molecule has 102 valence electrons. The Bertz CT molecular complexity index is 612. The lowest BCUT2D eigenvalue weighted by molar-refractivity contribution is 0.0931. The van der Waals surface area contributed by atoms with Gasteiger partial charge in [-0.1, -0.05) is 0 Å². The van der Waals surface area contributed by atoms with Crippen molar-refractivity contribution >= 4 is 22.9 Å². The van der Waals surface area contributed by atoms with Crippen LogP contribution in [0, 0.1) is 13.8 Å². The van der Waals surface area contributed by atoms with Gasteiger partial charge in [-0.25, -0.2) is 0 Å². The van der Waals surface area contributed by atoms with Crippen molar-refractivity contribution in [1.82, 2.24) is 9.88 Å². The Morgan fingerprint density at radius 3 is 2.58 bits per heavy atom. The Balaban J connectivity index is 2.15. The highest BCUT2D eigenvalue weighted by Gasteiger charge is 2.17. The van der Waals surface area contributed by atoms with E-state index in [2.05, 4.69) is 25.2 Å². The summed E-state index contributed by atoms with van der Waals surface area (Å²) < 4.78 is 1.74. The summed E-state index contributed by atoms with van der Waals surface area (Å²) in [6.45, 7) is 6.16. The van der Waals surface area contributed by atoms with E-state index >= 15 is 0 Å². The molecule has 0 fully saturated rings. The number of aryl methyl sites for hydroxylation is 3. The predicted octanol–water partition coefficient (Wildman–Crippen LogP) is 2.78. The van der Waals surface area contributed by atoms with Crippen LogP contribution >= 0.6 is 11.3 Å². The quantitative estimate of drug-likeness (QED) is 0.906. The van der Waals surface area contributed by atoms with Crippen LogP contribution < -0.4 is 11.1 Å². The smallest absolute Gasteiger partial charge is 0.268 e. The summed E-state index contributed by atoms with van der Waals surface area (Å²) in [5.41, 5.74) is 8.04. The number of hydrogen-bond acceptors (Lipinski definition) is 3. The van der Waals surface area contributed by atoms with Crippen LogP contribution in [0.15, 0.2) is 18.3 Å². The molecule has 2 aromatic rings. The van der Waals surface area contributed by atoms with Gasteiger partial charge in [0, 0.05) is 23.0 Å². The SMILES string of the molecule is Cc1cc(C(C)NC(=O)c2cc(N)cn2C)c(C)s1. The molecule has 0 aliphatic rings. The van der Waals surface area contributed by atoms with E-state index in [0.717, 1.165) is 0 Å². The Hall–Kier alpha value is -1.75. The Labute approximate surface area is 117 Å². The highest BCUT2D eigenvalue weighted by atomic mass is 32.1. The van der Waals surface area contributed by atoms with Crippen LogP contribution in [0.4, 0.5) is 5.69 Å². The number of rotatable bonds is 3. The minimum Gasteiger partial charge on any atom is -0.397 e. The highest BCUT2D eigenvalue weighted by Crippen LogP contribution is 2.26. The van der Waals surface area contributed by atoms with E-state index in [9.17, 15) is 4.79 Å². The number of nitrogens with two attached hydrogens (primary N) is 1. The number of anilines is 1. The predicted molar refractivity (Wildman–Crippen MR) is 79.5 cm³/mol. The lowest BCUT2D eigenvalue weighted by Gasteiger charge is -2.14. The first-order chi connectivity index (χ1) is 8.88. The number of thiophene rings is 1. The van der Waals surface area contributed by atoms with Gasteiger partial charge in [-0.3, -0.25) is 4.79 Å². The van der Waals surface area contributed by atoms with Crippen molar-refractivity contribution in [2.75, 3.05) is 5.73 Å². The van der Waals surface area contributed by atoms with Gasteiger partial charge in [0.25, 0.3) is 5.91 Å². The van der Waals surface area contributed by atoms with Gasteiger partial charge in [0.1, 0.15) is 5.69 Å². The second-order valence-electron chi connectivity index (χ2n) is 4.83. The third-order valence-corrected chi connectivity index (χ3v) is 4.13. The topological polar surface area (TPSA) is 60.1 Å². The van der Waals surface area contributed by atoms with Crippen LogP contribution in [-0.2, 0) is 7.05 Å². The van der Waals surface area contributed by atoms with E-state index in [0.29, 0.717) is 11.4 Å². The van der Waals surface area contributed by atoms with Gasteiger partial charge in [-0.15, -0.1) is 11.3 Å². The Kier molecular flexibility index (Phi) is 3.66. The number of carbonyl (C=O) groups excluding carboxylic acids is 1. The molecule has 0 aromatic carbocycles. The van der Waals surface area contributed by atoms with E-state index in [4.69, 9.17) is 5.73 Å². The fourth-order valence-electron chi connectivity index (χ4n) is 2.24. The number of nitrogens with one attached hydrogen (secondary N) is 1. The first-order valence-electron chi connectivity index (χ1n) is 6.18. The third kappa shape index (κ3) is 2.81. The standard InChI is InChI=1S/C14H19N3OS/c1-8-5-12(10(3)19-8)9(2)16-14(18)13-6-11(15)7-17(13)4/h5-7,9H,15H2,1-4H3,(H,16,18). The first kappa shape index (κ1) is 13.7. The molecule has 1 atom stereocenters. The van der Waals surface area contributed by atoms with Crippen molar-refractivity contribution in [3.05, 3.63) is 39.3 Å². The van der Waals surface area contributed by atoms with Crippen LogP contribution in [0.3, 0.4) is 0 Å². The van der Waals surface area contributed by atoms with E-state index < -0.39 is 0 Å². The average Bonchev–Trinajstić information content (AvgIpc) is 2.81. The van der Waals surface area contributed by atoms with Crippen molar-refractivity contribution in [2.24, 2.45) is 7.05 Å². The maximum absolute atomic E-state index is 12.2. The van der Waals surface area contributed by atoms with Gasteiger partial charge in [-0.05, 0) is 38.5 Å². The Morgan fingerprint density at radius 1 is 1.42 bits per heavy atom. The van der Waals surface area contributed by atoms with Gasteiger partial charge in [0.15, 0.2) is 0 Å². The first-order valence-corrected chi connectivity index (χ1v) is 6.99. The zero-order valence-corrected chi connectivity index (χ0v) is 12.5. The summed E-state index contributed by atoms with van der Waals surface area (Å²) in [4.78, 5) is 14.7. The molecule has 0 radical (unpaired) electrons. The van der Waals surface area contributed by atoms with Crippen molar-refractivity contribution in [2.45, 2.75) is 26.8 Å². The molecule has 0 bridgehead atoms. The average molecular weight is 277 g/mol. The molecule has 0 saturated carbocycles. The summed E-state index contributed by atoms with van der Waals surface area (Å²) in [6, 6.07) is 3.81. The molecule has 0 aliphatic heterocycles. The molecule has 2 rings (SSSR count). The molecule has 0 spiro atoms.